The highest BCUT2D eigenvalue weighted by Crippen LogP contribution is 2.47. The fourth-order valence-corrected chi connectivity index (χ4v) is 5.36. The van der Waals surface area contributed by atoms with E-state index in [0.717, 1.165) is 25.7 Å². The van der Waals surface area contributed by atoms with Gasteiger partial charge in [0.1, 0.15) is 0 Å². The van der Waals surface area contributed by atoms with Crippen LogP contribution in [0.25, 0.3) is 0 Å². The molecule has 1 fully saturated rings. The second kappa shape index (κ2) is 9.36. The summed E-state index contributed by atoms with van der Waals surface area (Å²) < 4.78 is 12.6. The van der Waals surface area contributed by atoms with Crippen LogP contribution in [0, 0.1) is 17.2 Å². The van der Waals surface area contributed by atoms with Gasteiger partial charge in [0.25, 0.3) is 0 Å². The fraction of sp³-hybridized carbons (Fsp3) is 0.556. The maximum absolute atomic E-state index is 12.6. The van der Waals surface area contributed by atoms with Gasteiger partial charge in [-0.15, -0.1) is 0 Å². The third-order valence-electron chi connectivity index (χ3n) is 4.91. The lowest BCUT2D eigenvalue weighted by Crippen LogP contribution is -2.23. The van der Waals surface area contributed by atoms with Crippen LogP contribution in [0.4, 0.5) is 0 Å². The molecule has 5 nitrogen and oxygen atoms in total. The predicted molar refractivity (Wildman–Crippen MR) is 105 cm³/mol. The number of aliphatic carboxylic acids is 1. The van der Waals surface area contributed by atoms with Gasteiger partial charge in [-0.05, 0) is 36.5 Å². The molecule has 0 radical (unpaired) electrons. The second-order valence-electron chi connectivity index (χ2n) is 7.03. The number of rotatable bonds is 8. The van der Waals surface area contributed by atoms with Crippen molar-refractivity contribution in [2.45, 2.75) is 44.9 Å². The first-order chi connectivity index (χ1) is 12.2. The maximum atomic E-state index is 12.6. The number of halogens is 2. The molecule has 2 atom stereocenters. The Morgan fingerprint density at radius 1 is 1.23 bits per heavy atom. The molecule has 0 aromatic heterocycles. The fourth-order valence-electron chi connectivity index (χ4n) is 3.40. The van der Waals surface area contributed by atoms with Crippen molar-refractivity contribution in [2.75, 3.05) is 6.16 Å². The van der Waals surface area contributed by atoms with Crippen LogP contribution in [0.15, 0.2) is 18.2 Å². The van der Waals surface area contributed by atoms with Crippen LogP contribution >= 0.6 is 30.6 Å². The average molecular weight is 420 g/mol. The Balaban J connectivity index is 2.04. The van der Waals surface area contributed by atoms with Gasteiger partial charge in [-0.25, -0.2) is 0 Å². The zero-order valence-electron chi connectivity index (χ0n) is 14.5. The molecule has 8 heteroatoms. The van der Waals surface area contributed by atoms with E-state index < -0.39 is 25.4 Å². The van der Waals surface area contributed by atoms with Gasteiger partial charge >= 0.3 is 5.97 Å². The molecule has 1 aliphatic rings. The lowest BCUT2D eigenvalue weighted by molar-refractivity contribution is -0.140. The lowest BCUT2D eigenvalue weighted by Gasteiger charge is -2.24. The summed E-state index contributed by atoms with van der Waals surface area (Å²) in [4.78, 5) is 21.9. The molecule has 0 heterocycles. The van der Waals surface area contributed by atoms with Gasteiger partial charge in [-0.2, -0.15) is 0 Å². The Hall–Kier alpha value is -0.870. The highest BCUT2D eigenvalue weighted by Gasteiger charge is 2.34. The number of hydrogen-bond acceptors (Lipinski definition) is 3. The number of carboxylic acids is 1. The molecule has 2 unspecified atom stereocenters. The SMILES string of the molecule is N=C(CC1CCCCC1)P(=O)(O)CC(Cc1ccc(Cl)c(Cl)c1)C(=O)O. The van der Waals surface area contributed by atoms with Crippen LogP contribution in [0.2, 0.25) is 10.0 Å². The number of carbonyl (C=O) groups is 1. The zero-order valence-corrected chi connectivity index (χ0v) is 16.9. The molecule has 0 saturated heterocycles. The average Bonchev–Trinajstić information content (AvgIpc) is 2.58. The summed E-state index contributed by atoms with van der Waals surface area (Å²) in [5.74, 6) is -1.96. The standard InChI is InChI=1S/C18H24Cl2NO4P/c19-15-7-6-13(9-16(15)20)8-14(18(22)23)11-26(24,25)17(21)10-12-4-2-1-3-5-12/h6-7,9,12,14,21H,1-5,8,10-11H2,(H,22,23)(H,24,25). The second-order valence-corrected chi connectivity index (χ2v) is 10.1. The van der Waals surface area contributed by atoms with E-state index in [-0.39, 0.29) is 24.2 Å². The van der Waals surface area contributed by atoms with Crippen molar-refractivity contribution in [3.8, 4) is 0 Å². The lowest BCUT2D eigenvalue weighted by atomic mass is 9.87. The molecule has 0 bridgehead atoms. The quantitative estimate of drug-likeness (QED) is 0.385. The van der Waals surface area contributed by atoms with Gasteiger partial charge in [0.15, 0.2) is 0 Å². The number of hydrogen-bond donors (Lipinski definition) is 3. The summed E-state index contributed by atoms with van der Waals surface area (Å²) in [6.07, 6.45) is 5.19. The van der Waals surface area contributed by atoms with Crippen molar-refractivity contribution in [3.63, 3.8) is 0 Å². The summed E-state index contributed by atoms with van der Waals surface area (Å²) in [5, 5.41) is 18.2. The maximum Gasteiger partial charge on any atom is 0.307 e. The van der Waals surface area contributed by atoms with E-state index in [4.69, 9.17) is 28.6 Å². The van der Waals surface area contributed by atoms with Crippen molar-refractivity contribution in [2.24, 2.45) is 11.8 Å². The molecule has 1 saturated carbocycles. The van der Waals surface area contributed by atoms with Gasteiger partial charge < -0.3 is 10.00 Å². The van der Waals surface area contributed by atoms with Crippen molar-refractivity contribution < 1.29 is 19.4 Å². The Morgan fingerprint density at radius 3 is 2.46 bits per heavy atom. The molecule has 144 valence electrons. The van der Waals surface area contributed by atoms with Crippen LogP contribution in [-0.2, 0) is 15.8 Å². The van der Waals surface area contributed by atoms with E-state index in [2.05, 4.69) is 0 Å². The van der Waals surface area contributed by atoms with Crippen LogP contribution in [0.1, 0.15) is 44.1 Å². The third-order valence-corrected chi connectivity index (χ3v) is 7.61. The number of nitrogens with one attached hydrogen (secondary N) is 1. The Morgan fingerprint density at radius 2 is 1.88 bits per heavy atom. The van der Waals surface area contributed by atoms with E-state index >= 15 is 0 Å². The first-order valence-electron chi connectivity index (χ1n) is 8.75. The van der Waals surface area contributed by atoms with E-state index in [1.54, 1.807) is 18.2 Å². The van der Waals surface area contributed by atoms with Gasteiger partial charge in [-0.3, -0.25) is 14.8 Å². The van der Waals surface area contributed by atoms with Crippen LogP contribution in [0.5, 0.6) is 0 Å². The van der Waals surface area contributed by atoms with Crippen molar-refractivity contribution >= 4 is 42.0 Å². The Kier molecular flexibility index (Phi) is 7.72. The summed E-state index contributed by atoms with van der Waals surface area (Å²) >= 11 is 11.8. The summed E-state index contributed by atoms with van der Waals surface area (Å²) in [6, 6.07) is 4.79. The molecule has 0 amide bonds. The monoisotopic (exact) mass is 419 g/mol. The molecule has 1 aromatic carbocycles. The van der Waals surface area contributed by atoms with Crippen LogP contribution in [0.3, 0.4) is 0 Å². The van der Waals surface area contributed by atoms with Gasteiger partial charge in [0, 0.05) is 6.16 Å². The van der Waals surface area contributed by atoms with E-state index in [1.165, 1.54) is 6.42 Å². The Labute approximate surface area is 163 Å². The molecule has 0 spiro atoms. The summed E-state index contributed by atoms with van der Waals surface area (Å²) in [7, 11) is -3.98. The zero-order chi connectivity index (χ0) is 19.3. The van der Waals surface area contributed by atoms with E-state index in [1.807, 2.05) is 0 Å². The summed E-state index contributed by atoms with van der Waals surface area (Å²) in [6.45, 7) is 0. The minimum Gasteiger partial charge on any atom is -0.481 e. The van der Waals surface area contributed by atoms with Crippen molar-refractivity contribution in [1.82, 2.24) is 0 Å². The van der Waals surface area contributed by atoms with Gasteiger partial charge in [0.05, 0.1) is 21.4 Å². The molecule has 1 aliphatic carbocycles. The van der Waals surface area contributed by atoms with Crippen molar-refractivity contribution in [3.05, 3.63) is 33.8 Å². The number of benzene rings is 1. The van der Waals surface area contributed by atoms with Gasteiger partial charge in [-0.1, -0.05) is 61.4 Å². The largest absolute Gasteiger partial charge is 0.481 e. The molecule has 3 N–H and O–H groups in total. The Bertz CT molecular complexity index is 719. The first-order valence-corrected chi connectivity index (χ1v) is 11.4. The van der Waals surface area contributed by atoms with Crippen LogP contribution < -0.4 is 0 Å². The number of carboxylic acid groups (broad SMARTS) is 1. The molecule has 1 aromatic rings. The van der Waals surface area contributed by atoms with Gasteiger partial charge in [0.2, 0.25) is 7.37 Å². The summed E-state index contributed by atoms with van der Waals surface area (Å²) in [5.41, 5.74) is 0.426. The van der Waals surface area contributed by atoms with Crippen LogP contribution in [-0.4, -0.2) is 27.6 Å². The van der Waals surface area contributed by atoms with E-state index in [0.29, 0.717) is 15.6 Å². The molecule has 26 heavy (non-hydrogen) atoms. The highest BCUT2D eigenvalue weighted by atomic mass is 35.5. The predicted octanol–water partition coefficient (Wildman–Crippen LogP) is 5.45. The molecule has 0 aliphatic heterocycles. The molecular weight excluding hydrogens is 396 g/mol. The first kappa shape index (κ1) is 21.4. The molecular formula is C18H24Cl2NO4P. The molecule has 2 rings (SSSR count). The third kappa shape index (κ3) is 6.09. The smallest absolute Gasteiger partial charge is 0.307 e. The highest BCUT2D eigenvalue weighted by molar-refractivity contribution is 7.75. The minimum atomic E-state index is -3.98. The van der Waals surface area contributed by atoms with Crippen molar-refractivity contribution in [1.29, 1.82) is 5.41 Å². The minimum absolute atomic E-state index is 0.0630. The normalized spacial score (nSPS) is 18.9. The van der Waals surface area contributed by atoms with E-state index in [9.17, 15) is 19.4 Å². The topological polar surface area (TPSA) is 98.5 Å².